The Bertz CT molecular complexity index is 965. The number of nitrogens with zero attached hydrogens (tertiary/aromatic N) is 2. The summed E-state index contributed by atoms with van der Waals surface area (Å²) in [4.78, 5) is 26.1. The highest BCUT2D eigenvalue weighted by molar-refractivity contribution is 5.95. The summed E-state index contributed by atoms with van der Waals surface area (Å²) < 4.78 is 16.9. The Labute approximate surface area is 150 Å². The van der Waals surface area contributed by atoms with E-state index in [2.05, 4.69) is 0 Å². The van der Waals surface area contributed by atoms with Crippen LogP contribution in [0, 0.1) is 18.7 Å². The third-order valence-corrected chi connectivity index (χ3v) is 5.61. The van der Waals surface area contributed by atoms with Crippen molar-refractivity contribution in [2.45, 2.75) is 32.2 Å². The highest BCUT2D eigenvalue weighted by Crippen LogP contribution is 2.39. The Morgan fingerprint density at radius 2 is 2.12 bits per heavy atom. The van der Waals surface area contributed by atoms with Gasteiger partial charge < -0.3 is 20.3 Å². The number of fused-ring (bicyclic) bond motifs is 1. The first kappa shape index (κ1) is 17.0. The van der Waals surface area contributed by atoms with E-state index in [0.717, 1.165) is 25.8 Å². The van der Waals surface area contributed by atoms with Crippen LogP contribution < -0.4 is 16.1 Å². The van der Waals surface area contributed by atoms with Crippen LogP contribution in [0.25, 0.3) is 10.9 Å². The molecule has 1 unspecified atom stereocenters. The SMILES string of the molecule is Cc1c(F)c(N2CCC(CN)C2)cc2c1c(=O)c(C(=O)O)cn2C1CC1. The molecule has 0 amide bonds. The number of aromatic carboxylic acids is 1. The highest BCUT2D eigenvalue weighted by atomic mass is 19.1. The highest BCUT2D eigenvalue weighted by Gasteiger charge is 2.30. The van der Waals surface area contributed by atoms with Crippen LogP contribution in [0.5, 0.6) is 0 Å². The largest absolute Gasteiger partial charge is 0.477 e. The summed E-state index contributed by atoms with van der Waals surface area (Å²) in [7, 11) is 0. The average Bonchev–Trinajstić information content (AvgIpc) is 3.34. The van der Waals surface area contributed by atoms with E-state index in [4.69, 9.17) is 5.73 Å². The van der Waals surface area contributed by atoms with Crippen molar-refractivity contribution in [2.24, 2.45) is 11.7 Å². The fraction of sp³-hybridized carbons (Fsp3) is 0.474. The molecule has 1 saturated carbocycles. The van der Waals surface area contributed by atoms with E-state index >= 15 is 4.39 Å². The van der Waals surface area contributed by atoms with Gasteiger partial charge in [0.2, 0.25) is 5.43 Å². The number of benzene rings is 1. The molecule has 3 N–H and O–H groups in total. The number of rotatable bonds is 4. The average molecular weight is 359 g/mol. The van der Waals surface area contributed by atoms with E-state index < -0.39 is 17.2 Å². The minimum absolute atomic E-state index is 0.171. The maximum atomic E-state index is 15.1. The van der Waals surface area contributed by atoms with Gasteiger partial charge in [0.1, 0.15) is 11.4 Å². The molecule has 26 heavy (non-hydrogen) atoms. The van der Waals surface area contributed by atoms with Crippen molar-refractivity contribution in [3.8, 4) is 0 Å². The van der Waals surface area contributed by atoms with Crippen molar-refractivity contribution in [1.82, 2.24) is 4.57 Å². The molecule has 1 aromatic carbocycles. The van der Waals surface area contributed by atoms with Gasteiger partial charge in [0, 0.05) is 30.9 Å². The molecule has 1 aliphatic heterocycles. The number of carboxylic acid groups (broad SMARTS) is 1. The number of nitrogens with two attached hydrogens (primary N) is 1. The van der Waals surface area contributed by atoms with Crippen LogP contribution in [-0.2, 0) is 0 Å². The van der Waals surface area contributed by atoms with Crippen LogP contribution in [0.1, 0.15) is 41.2 Å². The second-order valence-corrected chi connectivity index (χ2v) is 7.38. The van der Waals surface area contributed by atoms with Gasteiger partial charge in [0.15, 0.2) is 0 Å². The zero-order valence-corrected chi connectivity index (χ0v) is 14.7. The molecule has 2 heterocycles. The lowest BCUT2D eigenvalue weighted by atomic mass is 10.0. The number of hydrogen-bond acceptors (Lipinski definition) is 4. The standard InChI is InChI=1S/C19H22FN3O3/c1-10-16-14(6-15(17(10)20)22-5-4-11(7-21)8-22)23(12-2-3-12)9-13(18(16)24)19(25)26/h6,9,11-12H,2-5,7-8,21H2,1H3,(H,25,26). The van der Waals surface area contributed by atoms with Crippen LogP contribution in [0.2, 0.25) is 0 Å². The van der Waals surface area contributed by atoms with Crippen molar-refractivity contribution in [3.63, 3.8) is 0 Å². The van der Waals surface area contributed by atoms with Crippen molar-refractivity contribution in [1.29, 1.82) is 0 Å². The first-order valence-corrected chi connectivity index (χ1v) is 8.98. The quantitative estimate of drug-likeness (QED) is 0.874. The van der Waals surface area contributed by atoms with Gasteiger partial charge in [-0.05, 0) is 44.7 Å². The minimum Gasteiger partial charge on any atom is -0.477 e. The van der Waals surface area contributed by atoms with E-state index in [9.17, 15) is 14.7 Å². The van der Waals surface area contributed by atoms with Gasteiger partial charge in [0.05, 0.1) is 16.6 Å². The molecule has 138 valence electrons. The first-order valence-electron chi connectivity index (χ1n) is 8.98. The molecule has 2 aliphatic rings. The van der Waals surface area contributed by atoms with Crippen molar-refractivity contribution in [2.75, 3.05) is 24.5 Å². The Balaban J connectivity index is 1.97. The van der Waals surface area contributed by atoms with Crippen molar-refractivity contribution >= 4 is 22.6 Å². The van der Waals surface area contributed by atoms with E-state index in [1.807, 2.05) is 9.47 Å². The predicted octanol–water partition coefficient (Wildman–Crippen LogP) is 2.27. The third-order valence-electron chi connectivity index (χ3n) is 5.61. The van der Waals surface area contributed by atoms with Crippen LogP contribution in [0.15, 0.2) is 17.1 Å². The van der Waals surface area contributed by atoms with Gasteiger partial charge in [-0.1, -0.05) is 0 Å². The van der Waals surface area contributed by atoms with Crippen molar-refractivity contribution in [3.05, 3.63) is 39.4 Å². The number of carboxylic acids is 1. The third kappa shape index (κ3) is 2.58. The van der Waals surface area contributed by atoms with E-state index in [0.29, 0.717) is 30.2 Å². The van der Waals surface area contributed by atoms with Gasteiger partial charge in [-0.25, -0.2) is 9.18 Å². The monoisotopic (exact) mass is 359 g/mol. The summed E-state index contributed by atoms with van der Waals surface area (Å²) in [5, 5.41) is 9.54. The molecule has 6 nitrogen and oxygen atoms in total. The number of hydrogen-bond donors (Lipinski definition) is 2. The van der Waals surface area contributed by atoms with Gasteiger partial charge >= 0.3 is 5.97 Å². The van der Waals surface area contributed by atoms with Gasteiger partial charge in [-0.3, -0.25) is 4.79 Å². The fourth-order valence-corrected chi connectivity index (χ4v) is 3.93. The van der Waals surface area contributed by atoms with Gasteiger partial charge in [-0.2, -0.15) is 0 Å². The Morgan fingerprint density at radius 3 is 2.69 bits per heavy atom. The molecule has 1 aliphatic carbocycles. The zero-order valence-electron chi connectivity index (χ0n) is 14.7. The number of pyridine rings is 1. The van der Waals surface area contributed by atoms with Crippen LogP contribution in [-0.4, -0.2) is 35.3 Å². The summed E-state index contributed by atoms with van der Waals surface area (Å²) in [6, 6.07) is 1.88. The molecule has 1 saturated heterocycles. The summed E-state index contributed by atoms with van der Waals surface area (Å²) in [6.07, 6.45) is 4.20. The topological polar surface area (TPSA) is 88.6 Å². The zero-order chi connectivity index (χ0) is 18.6. The molecule has 0 radical (unpaired) electrons. The summed E-state index contributed by atoms with van der Waals surface area (Å²) >= 11 is 0. The van der Waals surface area contributed by atoms with E-state index in [1.54, 1.807) is 13.0 Å². The number of aromatic nitrogens is 1. The molecule has 1 atom stereocenters. The fourth-order valence-electron chi connectivity index (χ4n) is 3.93. The second kappa shape index (κ2) is 6.09. The summed E-state index contributed by atoms with van der Waals surface area (Å²) in [5.74, 6) is -1.39. The maximum absolute atomic E-state index is 15.1. The predicted molar refractivity (Wildman–Crippen MR) is 97.5 cm³/mol. The normalized spacial score (nSPS) is 20.1. The van der Waals surface area contributed by atoms with Crippen molar-refractivity contribution < 1.29 is 14.3 Å². The molecule has 2 aromatic rings. The molecule has 7 heteroatoms. The van der Waals surface area contributed by atoms with Crippen LogP contribution in [0.4, 0.5) is 10.1 Å². The smallest absolute Gasteiger partial charge is 0.341 e. The Morgan fingerprint density at radius 1 is 1.38 bits per heavy atom. The number of aryl methyl sites for hydroxylation is 1. The van der Waals surface area contributed by atoms with Gasteiger partial charge in [0.25, 0.3) is 0 Å². The number of anilines is 1. The van der Waals surface area contributed by atoms with Gasteiger partial charge in [-0.15, -0.1) is 0 Å². The summed E-state index contributed by atoms with van der Waals surface area (Å²) in [6.45, 7) is 3.55. The Kier molecular flexibility index (Phi) is 3.99. The molecule has 4 rings (SSSR count). The van der Waals surface area contributed by atoms with E-state index in [-0.39, 0.29) is 22.6 Å². The lowest BCUT2D eigenvalue weighted by Gasteiger charge is -2.22. The molecule has 1 aromatic heterocycles. The Hall–Kier alpha value is -2.41. The molecular weight excluding hydrogens is 337 g/mol. The van der Waals surface area contributed by atoms with Crippen LogP contribution in [0.3, 0.4) is 0 Å². The molecule has 2 fully saturated rings. The first-order chi connectivity index (χ1) is 12.4. The van der Waals surface area contributed by atoms with Crippen LogP contribution >= 0.6 is 0 Å². The number of halogens is 1. The maximum Gasteiger partial charge on any atom is 0.341 e. The second-order valence-electron chi connectivity index (χ2n) is 7.38. The minimum atomic E-state index is -1.28. The molecule has 0 bridgehead atoms. The van der Waals surface area contributed by atoms with E-state index in [1.165, 1.54) is 6.20 Å². The summed E-state index contributed by atoms with van der Waals surface area (Å²) in [5.41, 5.74) is 6.14. The lowest BCUT2D eigenvalue weighted by molar-refractivity contribution is 0.0695. The molecular formula is C19H22FN3O3. The molecule has 0 spiro atoms. The number of carbonyl (C=O) groups is 1. The lowest BCUT2D eigenvalue weighted by Crippen LogP contribution is -2.25.